The maximum absolute atomic E-state index is 12.0. The Morgan fingerprint density at radius 1 is 0.625 bits per heavy atom. The van der Waals surface area contributed by atoms with E-state index < -0.39 is 51.6 Å². The molecule has 0 saturated heterocycles. The minimum Gasteiger partial charge on any atom is -0.394 e. The lowest BCUT2D eigenvalue weighted by Crippen LogP contribution is -2.47. The maximum atomic E-state index is 12.0. The molecule has 12 heteroatoms. The zero-order valence-electron chi connectivity index (χ0n) is 24.9. The van der Waals surface area contributed by atoms with E-state index in [0.717, 1.165) is 12.8 Å². The number of phosphoric acid groups is 1. The number of ether oxygens (including phenoxy) is 2. The summed E-state index contributed by atoms with van der Waals surface area (Å²) in [4.78, 5) is 9.78. The normalized spacial score (nSPS) is 17.3. The lowest BCUT2D eigenvalue weighted by atomic mass is 10.0. The van der Waals surface area contributed by atoms with Crippen molar-refractivity contribution in [1.82, 2.24) is 0 Å². The second kappa shape index (κ2) is 26.5. The van der Waals surface area contributed by atoms with Gasteiger partial charge < -0.3 is 39.9 Å². The summed E-state index contributed by atoms with van der Waals surface area (Å²) < 4.78 is 32.3. The molecule has 0 aromatic heterocycles. The quantitative estimate of drug-likeness (QED) is 0.0520. The van der Waals surface area contributed by atoms with Gasteiger partial charge in [0.2, 0.25) is 0 Å². The highest BCUT2D eigenvalue weighted by Crippen LogP contribution is 2.43. The molecular formula is C28H59O11P. The predicted octanol–water partition coefficient (Wildman–Crippen LogP) is 3.85. The monoisotopic (exact) mass is 602 g/mol. The summed E-state index contributed by atoms with van der Waals surface area (Å²) in [6.07, 6.45) is 12.9. The van der Waals surface area contributed by atoms with E-state index in [4.69, 9.17) is 19.1 Å². The van der Waals surface area contributed by atoms with Crippen LogP contribution in [-0.2, 0) is 23.1 Å². The standard InChI is InChI=1S/C28H59O11P/c1-3-4-5-6-7-8-9-10-11-12-13-14-15-16-17-18-19-37-21-24(36-2)22-38-40(34,35)39-23-26(31)28(33)27(32)25(30)20-29/h24-33H,3-23H2,1-2H3,(H,34,35)/t24-,25-,26-,27-,28-/m1/s1. The fourth-order valence-corrected chi connectivity index (χ4v) is 4.97. The van der Waals surface area contributed by atoms with E-state index in [0.29, 0.717) is 6.61 Å². The molecule has 0 radical (unpaired) electrons. The van der Waals surface area contributed by atoms with Crippen LogP contribution in [0.2, 0.25) is 0 Å². The summed E-state index contributed by atoms with van der Waals surface area (Å²) in [6, 6.07) is 0. The molecule has 0 saturated carbocycles. The molecule has 0 aromatic carbocycles. The van der Waals surface area contributed by atoms with Crippen LogP contribution < -0.4 is 0 Å². The molecule has 0 heterocycles. The highest BCUT2D eigenvalue weighted by atomic mass is 31.2. The van der Waals surface area contributed by atoms with Crippen LogP contribution in [0, 0.1) is 0 Å². The van der Waals surface area contributed by atoms with E-state index in [1.807, 2.05) is 0 Å². The van der Waals surface area contributed by atoms with Gasteiger partial charge >= 0.3 is 7.82 Å². The molecular weight excluding hydrogens is 543 g/mol. The number of methoxy groups -OCH3 is 1. The first-order chi connectivity index (χ1) is 19.2. The largest absolute Gasteiger partial charge is 0.472 e. The molecule has 0 amide bonds. The Balaban J connectivity index is 3.73. The van der Waals surface area contributed by atoms with Gasteiger partial charge in [-0.1, -0.05) is 103 Å². The number of phosphoric ester groups is 1. The zero-order chi connectivity index (χ0) is 30.1. The third kappa shape index (κ3) is 22.4. The molecule has 40 heavy (non-hydrogen) atoms. The first kappa shape index (κ1) is 39.8. The topological polar surface area (TPSA) is 175 Å². The van der Waals surface area contributed by atoms with Crippen LogP contribution in [0.4, 0.5) is 0 Å². The van der Waals surface area contributed by atoms with E-state index >= 15 is 0 Å². The second-order valence-corrected chi connectivity index (χ2v) is 12.0. The van der Waals surface area contributed by atoms with Gasteiger partial charge in [0.1, 0.15) is 30.5 Å². The number of aliphatic hydroxyl groups excluding tert-OH is 5. The van der Waals surface area contributed by atoms with Gasteiger partial charge in [0.25, 0.3) is 0 Å². The van der Waals surface area contributed by atoms with Crippen molar-refractivity contribution in [3.05, 3.63) is 0 Å². The van der Waals surface area contributed by atoms with Crippen molar-refractivity contribution >= 4 is 7.82 Å². The SMILES string of the molecule is CCCCCCCCCCCCCCCCCCOC[C@H](COP(=O)(O)OC[C@@H](O)[C@@H](O)[C@H](O)[C@H](O)CO)OC. The smallest absolute Gasteiger partial charge is 0.394 e. The zero-order valence-corrected chi connectivity index (χ0v) is 25.8. The number of unbranched alkanes of at least 4 members (excludes halogenated alkanes) is 15. The van der Waals surface area contributed by atoms with Crippen molar-refractivity contribution in [2.45, 2.75) is 140 Å². The minimum atomic E-state index is -4.59. The van der Waals surface area contributed by atoms with E-state index in [1.165, 1.54) is 97.0 Å². The van der Waals surface area contributed by atoms with Crippen molar-refractivity contribution in [3.63, 3.8) is 0 Å². The number of rotatable bonds is 30. The molecule has 0 rings (SSSR count). The lowest BCUT2D eigenvalue weighted by Gasteiger charge is -2.26. The molecule has 0 spiro atoms. The van der Waals surface area contributed by atoms with Crippen LogP contribution in [0.1, 0.15) is 110 Å². The van der Waals surface area contributed by atoms with Crippen molar-refractivity contribution < 1.29 is 53.5 Å². The molecule has 0 aliphatic rings. The van der Waals surface area contributed by atoms with E-state index in [9.17, 15) is 29.9 Å². The first-order valence-electron chi connectivity index (χ1n) is 15.2. The molecule has 1 unspecified atom stereocenters. The van der Waals surface area contributed by atoms with Crippen molar-refractivity contribution in [1.29, 1.82) is 0 Å². The molecule has 6 N–H and O–H groups in total. The molecule has 6 atom stereocenters. The van der Waals surface area contributed by atoms with Gasteiger partial charge in [-0.15, -0.1) is 0 Å². The molecule has 242 valence electrons. The highest BCUT2D eigenvalue weighted by Gasteiger charge is 2.32. The fourth-order valence-electron chi connectivity index (χ4n) is 4.20. The van der Waals surface area contributed by atoms with Crippen LogP contribution in [0.25, 0.3) is 0 Å². The Morgan fingerprint density at radius 2 is 1.05 bits per heavy atom. The second-order valence-electron chi connectivity index (χ2n) is 10.6. The van der Waals surface area contributed by atoms with Crippen molar-refractivity contribution in [2.24, 2.45) is 0 Å². The van der Waals surface area contributed by atoms with Crippen molar-refractivity contribution in [2.75, 3.05) is 40.1 Å². The molecule has 0 aromatic rings. The number of aliphatic hydroxyl groups is 5. The van der Waals surface area contributed by atoms with Crippen LogP contribution in [0.15, 0.2) is 0 Å². The minimum absolute atomic E-state index is 0.168. The third-order valence-corrected chi connectivity index (χ3v) is 7.89. The summed E-state index contributed by atoms with van der Waals surface area (Å²) in [5, 5.41) is 47.2. The average molecular weight is 603 g/mol. The van der Waals surface area contributed by atoms with Crippen LogP contribution >= 0.6 is 7.82 Å². The van der Waals surface area contributed by atoms with Gasteiger partial charge in [-0.25, -0.2) is 4.57 Å². The number of hydrogen-bond acceptors (Lipinski definition) is 10. The van der Waals surface area contributed by atoms with E-state index in [2.05, 4.69) is 11.4 Å². The summed E-state index contributed by atoms with van der Waals surface area (Å²) in [7, 11) is -3.17. The van der Waals surface area contributed by atoms with Crippen LogP contribution in [0.5, 0.6) is 0 Å². The van der Waals surface area contributed by atoms with Gasteiger partial charge in [0, 0.05) is 13.7 Å². The Labute approximate surface area is 241 Å². The molecule has 0 fully saturated rings. The Morgan fingerprint density at radius 3 is 1.50 bits per heavy atom. The predicted molar refractivity (Wildman–Crippen MR) is 154 cm³/mol. The van der Waals surface area contributed by atoms with Gasteiger partial charge in [-0.2, -0.15) is 0 Å². The van der Waals surface area contributed by atoms with Gasteiger partial charge in [0.15, 0.2) is 0 Å². The van der Waals surface area contributed by atoms with Gasteiger partial charge in [-0.3, -0.25) is 9.05 Å². The summed E-state index contributed by atoms with van der Waals surface area (Å²) in [5.41, 5.74) is 0. The Bertz CT molecular complexity index is 599. The summed E-state index contributed by atoms with van der Waals surface area (Å²) >= 11 is 0. The van der Waals surface area contributed by atoms with Crippen LogP contribution in [-0.4, -0.2) is 101 Å². The summed E-state index contributed by atoms with van der Waals surface area (Å²) in [6.45, 7) is 0.991. The van der Waals surface area contributed by atoms with E-state index in [1.54, 1.807) is 0 Å². The molecule has 0 aliphatic heterocycles. The Kier molecular flexibility index (Phi) is 26.3. The van der Waals surface area contributed by atoms with E-state index in [-0.39, 0.29) is 13.2 Å². The highest BCUT2D eigenvalue weighted by molar-refractivity contribution is 7.47. The fraction of sp³-hybridized carbons (Fsp3) is 1.00. The molecule has 11 nitrogen and oxygen atoms in total. The van der Waals surface area contributed by atoms with Crippen molar-refractivity contribution in [3.8, 4) is 0 Å². The van der Waals surface area contributed by atoms with Crippen LogP contribution in [0.3, 0.4) is 0 Å². The lowest BCUT2D eigenvalue weighted by molar-refractivity contribution is -0.123. The number of hydrogen-bond donors (Lipinski definition) is 6. The Hall–Kier alpha value is -0.170. The molecule has 0 bridgehead atoms. The third-order valence-electron chi connectivity index (χ3n) is 6.94. The first-order valence-corrected chi connectivity index (χ1v) is 16.7. The van der Waals surface area contributed by atoms with Gasteiger partial charge in [0.05, 0.1) is 26.4 Å². The maximum Gasteiger partial charge on any atom is 0.472 e. The average Bonchev–Trinajstić information content (AvgIpc) is 2.95. The summed E-state index contributed by atoms with van der Waals surface area (Å²) in [5.74, 6) is 0. The molecule has 0 aliphatic carbocycles. The van der Waals surface area contributed by atoms with Gasteiger partial charge in [-0.05, 0) is 6.42 Å².